The van der Waals surface area contributed by atoms with E-state index in [2.05, 4.69) is 20.5 Å². The fourth-order valence-corrected chi connectivity index (χ4v) is 1.79. The summed E-state index contributed by atoms with van der Waals surface area (Å²) in [6, 6.07) is 0.390. The highest BCUT2D eigenvalue weighted by Crippen LogP contribution is 2.13. The number of aryl methyl sites for hydroxylation is 1. The van der Waals surface area contributed by atoms with Crippen LogP contribution in [0.15, 0.2) is 10.6 Å². The Kier molecular flexibility index (Phi) is 2.93. The zero-order valence-corrected chi connectivity index (χ0v) is 9.04. The molecule has 0 radical (unpaired) electrons. The molecule has 0 saturated carbocycles. The van der Waals surface area contributed by atoms with Gasteiger partial charge >= 0.3 is 6.01 Å². The van der Waals surface area contributed by atoms with Crippen LogP contribution in [0.5, 0.6) is 0 Å². The van der Waals surface area contributed by atoms with E-state index in [1.807, 2.05) is 13.1 Å². The number of aromatic nitrogens is 3. The predicted molar refractivity (Wildman–Crippen MR) is 56.4 cm³/mol. The standard InChI is InChI=1S/C8H11N5OS/c1-5-10-3-6(15-5)4-11-8-13-12-7(2-9)14-8/h3H,2,4,9H2,1H3,(H,11,13). The maximum absolute atomic E-state index is 5.34. The van der Waals surface area contributed by atoms with Gasteiger partial charge in [0.15, 0.2) is 0 Å². The van der Waals surface area contributed by atoms with Crippen LogP contribution >= 0.6 is 11.3 Å². The van der Waals surface area contributed by atoms with Crippen LogP contribution in [0.3, 0.4) is 0 Å². The van der Waals surface area contributed by atoms with Crippen molar-refractivity contribution in [3.63, 3.8) is 0 Å². The highest BCUT2D eigenvalue weighted by molar-refractivity contribution is 7.11. The van der Waals surface area contributed by atoms with Crippen molar-refractivity contribution < 1.29 is 4.42 Å². The first-order chi connectivity index (χ1) is 7.28. The van der Waals surface area contributed by atoms with Crippen LogP contribution in [-0.2, 0) is 13.1 Å². The molecule has 0 aliphatic heterocycles. The minimum atomic E-state index is 0.258. The molecule has 15 heavy (non-hydrogen) atoms. The average Bonchev–Trinajstić information content (AvgIpc) is 2.83. The van der Waals surface area contributed by atoms with Gasteiger partial charge in [0.1, 0.15) is 0 Å². The van der Waals surface area contributed by atoms with Crippen LogP contribution in [0.4, 0.5) is 6.01 Å². The molecule has 0 fully saturated rings. The Bertz CT molecular complexity index is 438. The van der Waals surface area contributed by atoms with Crippen LogP contribution in [0.2, 0.25) is 0 Å². The van der Waals surface area contributed by atoms with Gasteiger partial charge in [0.2, 0.25) is 5.89 Å². The first-order valence-electron chi connectivity index (χ1n) is 4.45. The molecule has 0 bridgehead atoms. The maximum Gasteiger partial charge on any atom is 0.315 e. The third kappa shape index (κ3) is 2.51. The SMILES string of the molecule is Cc1ncc(CNc2nnc(CN)o2)s1. The molecule has 2 heterocycles. The van der Waals surface area contributed by atoms with Crippen LogP contribution in [0.25, 0.3) is 0 Å². The summed E-state index contributed by atoms with van der Waals surface area (Å²) in [5, 5.41) is 11.6. The molecule has 0 spiro atoms. The van der Waals surface area contributed by atoms with Gasteiger partial charge in [0.05, 0.1) is 18.1 Å². The molecular weight excluding hydrogens is 214 g/mol. The highest BCUT2D eigenvalue weighted by atomic mass is 32.1. The zero-order chi connectivity index (χ0) is 10.7. The van der Waals surface area contributed by atoms with Crippen molar-refractivity contribution in [3.05, 3.63) is 22.0 Å². The third-order valence-electron chi connectivity index (χ3n) is 1.72. The second-order valence-electron chi connectivity index (χ2n) is 2.90. The second kappa shape index (κ2) is 4.37. The molecule has 6 nitrogen and oxygen atoms in total. The Morgan fingerprint density at radius 1 is 1.53 bits per heavy atom. The van der Waals surface area contributed by atoms with Crippen molar-refractivity contribution >= 4 is 17.4 Å². The van der Waals surface area contributed by atoms with Crippen molar-refractivity contribution in [2.75, 3.05) is 5.32 Å². The first-order valence-corrected chi connectivity index (χ1v) is 5.27. The summed E-state index contributed by atoms with van der Waals surface area (Å²) in [7, 11) is 0. The van der Waals surface area contributed by atoms with Gasteiger partial charge in [-0.3, -0.25) is 0 Å². The van der Waals surface area contributed by atoms with Crippen molar-refractivity contribution in [2.24, 2.45) is 5.73 Å². The smallest absolute Gasteiger partial charge is 0.315 e. The van der Waals surface area contributed by atoms with E-state index in [1.165, 1.54) is 0 Å². The molecule has 0 atom stereocenters. The van der Waals surface area contributed by atoms with E-state index in [0.29, 0.717) is 18.5 Å². The van der Waals surface area contributed by atoms with Gasteiger partial charge in [0.25, 0.3) is 0 Å². The molecule has 0 aliphatic carbocycles. The zero-order valence-electron chi connectivity index (χ0n) is 8.23. The summed E-state index contributed by atoms with van der Waals surface area (Å²) in [4.78, 5) is 5.27. The minimum Gasteiger partial charge on any atom is -0.407 e. The second-order valence-corrected chi connectivity index (χ2v) is 4.22. The number of nitrogens with zero attached hydrogens (tertiary/aromatic N) is 3. The lowest BCUT2D eigenvalue weighted by Gasteiger charge is -1.96. The molecular formula is C8H11N5OS. The molecule has 3 N–H and O–H groups in total. The molecule has 0 aromatic carbocycles. The molecule has 0 unspecified atom stereocenters. The quantitative estimate of drug-likeness (QED) is 0.803. The third-order valence-corrected chi connectivity index (χ3v) is 2.64. The number of hydrogen-bond acceptors (Lipinski definition) is 7. The van der Waals surface area contributed by atoms with Crippen LogP contribution in [-0.4, -0.2) is 15.2 Å². The first kappa shape index (κ1) is 10.1. The van der Waals surface area contributed by atoms with Crippen molar-refractivity contribution in [1.82, 2.24) is 15.2 Å². The minimum absolute atomic E-state index is 0.258. The van der Waals surface area contributed by atoms with E-state index in [0.717, 1.165) is 9.88 Å². The fraction of sp³-hybridized carbons (Fsp3) is 0.375. The largest absolute Gasteiger partial charge is 0.407 e. The van der Waals surface area contributed by atoms with E-state index in [4.69, 9.17) is 10.2 Å². The summed E-state index contributed by atoms with van der Waals surface area (Å²) < 4.78 is 5.19. The molecule has 2 aromatic rings. The predicted octanol–water partition coefficient (Wildman–Crippen LogP) is 0.905. The van der Waals surface area contributed by atoms with E-state index >= 15 is 0 Å². The lowest BCUT2D eigenvalue weighted by atomic mass is 10.5. The highest BCUT2D eigenvalue weighted by Gasteiger charge is 2.04. The Morgan fingerprint density at radius 3 is 3.00 bits per heavy atom. The van der Waals surface area contributed by atoms with E-state index in [1.54, 1.807) is 11.3 Å². The van der Waals surface area contributed by atoms with Gasteiger partial charge in [-0.15, -0.1) is 16.4 Å². The Hall–Kier alpha value is -1.47. The van der Waals surface area contributed by atoms with Crippen molar-refractivity contribution in [3.8, 4) is 0 Å². The Balaban J connectivity index is 1.93. The number of rotatable bonds is 4. The Labute approximate surface area is 90.5 Å². The van der Waals surface area contributed by atoms with E-state index in [9.17, 15) is 0 Å². The summed E-state index contributed by atoms with van der Waals surface area (Å²) in [6.45, 7) is 2.86. The van der Waals surface area contributed by atoms with Crippen LogP contribution in [0, 0.1) is 6.92 Å². The van der Waals surface area contributed by atoms with Crippen LogP contribution < -0.4 is 11.1 Å². The monoisotopic (exact) mass is 225 g/mol. The van der Waals surface area contributed by atoms with Gasteiger partial charge in [-0.2, -0.15) is 0 Å². The molecule has 2 aromatic heterocycles. The number of hydrogen-bond donors (Lipinski definition) is 2. The van der Waals surface area contributed by atoms with E-state index in [-0.39, 0.29) is 6.54 Å². The molecule has 0 saturated heterocycles. The maximum atomic E-state index is 5.34. The molecule has 80 valence electrons. The summed E-state index contributed by atoms with van der Waals surface area (Å²) >= 11 is 1.63. The average molecular weight is 225 g/mol. The van der Waals surface area contributed by atoms with Gasteiger partial charge in [-0.1, -0.05) is 5.10 Å². The summed E-state index contributed by atoms with van der Waals surface area (Å²) in [5.74, 6) is 0.429. The van der Waals surface area contributed by atoms with Gasteiger partial charge < -0.3 is 15.5 Å². The summed E-state index contributed by atoms with van der Waals surface area (Å²) in [6.07, 6.45) is 1.83. The van der Waals surface area contributed by atoms with Gasteiger partial charge in [-0.25, -0.2) is 4.98 Å². The number of nitrogens with two attached hydrogens (primary N) is 1. The Morgan fingerprint density at radius 2 is 2.40 bits per heavy atom. The van der Waals surface area contributed by atoms with E-state index < -0.39 is 0 Å². The summed E-state index contributed by atoms with van der Waals surface area (Å²) in [5.41, 5.74) is 5.34. The molecule has 2 rings (SSSR count). The topological polar surface area (TPSA) is 89.9 Å². The van der Waals surface area contributed by atoms with Crippen molar-refractivity contribution in [2.45, 2.75) is 20.0 Å². The lowest BCUT2D eigenvalue weighted by Crippen LogP contribution is -1.97. The molecule has 0 aliphatic rings. The number of anilines is 1. The van der Waals surface area contributed by atoms with Gasteiger partial charge in [-0.05, 0) is 6.92 Å². The lowest BCUT2D eigenvalue weighted by molar-refractivity contribution is 0.507. The molecule has 0 amide bonds. The van der Waals surface area contributed by atoms with Crippen LogP contribution in [0.1, 0.15) is 15.8 Å². The number of thiazole rings is 1. The van der Waals surface area contributed by atoms with Crippen molar-refractivity contribution in [1.29, 1.82) is 0 Å². The number of nitrogens with one attached hydrogen (secondary N) is 1. The van der Waals surface area contributed by atoms with Gasteiger partial charge in [0, 0.05) is 11.1 Å². The normalized spacial score (nSPS) is 10.5. The fourth-order valence-electron chi connectivity index (χ4n) is 1.06. The molecule has 7 heteroatoms.